The van der Waals surface area contributed by atoms with Crippen molar-refractivity contribution in [3.8, 4) is 6.07 Å². The molecule has 12 heteroatoms. The number of alkyl halides is 1. The molecule has 8 nitrogen and oxygen atoms in total. The van der Waals surface area contributed by atoms with Crippen molar-refractivity contribution in [2.45, 2.75) is 49.1 Å². The lowest BCUT2D eigenvalue weighted by atomic mass is 10.1. The lowest BCUT2D eigenvalue weighted by Crippen LogP contribution is -2.52. The number of nitriles is 1. The fraction of sp³-hybridized carbons (Fsp3) is 0.565. The van der Waals surface area contributed by atoms with E-state index in [0.29, 0.717) is 30.7 Å². The van der Waals surface area contributed by atoms with Crippen molar-refractivity contribution in [2.75, 3.05) is 38.3 Å². The Labute approximate surface area is 217 Å². The number of imidazole rings is 1. The van der Waals surface area contributed by atoms with E-state index in [2.05, 4.69) is 33.7 Å². The summed E-state index contributed by atoms with van der Waals surface area (Å²) in [4.78, 5) is 9.63. The van der Waals surface area contributed by atoms with Gasteiger partial charge in [-0.25, -0.2) is 9.37 Å². The molecule has 1 saturated heterocycles. The van der Waals surface area contributed by atoms with Crippen LogP contribution in [-0.4, -0.2) is 69.3 Å². The zero-order valence-corrected chi connectivity index (χ0v) is 22.1. The zero-order valence-electron chi connectivity index (χ0n) is 19.7. The third-order valence-electron chi connectivity index (χ3n) is 7.16. The van der Waals surface area contributed by atoms with E-state index in [1.54, 1.807) is 0 Å². The molecular weight excluding hydrogens is 507 g/mol. The van der Waals surface area contributed by atoms with Crippen LogP contribution in [0.3, 0.4) is 0 Å². The summed E-state index contributed by atoms with van der Waals surface area (Å²) in [5.41, 5.74) is 0.890. The molecule has 0 bridgehead atoms. The largest absolute Gasteiger partial charge is 0.367 e. The van der Waals surface area contributed by atoms with E-state index in [0.717, 1.165) is 48.3 Å². The molecule has 2 saturated carbocycles. The molecule has 2 aromatic heterocycles. The quantitative estimate of drug-likeness (QED) is 0.271. The molecular formula is C23H28ClFN8S2. The smallest absolute Gasteiger partial charge is 0.171 e. The Balaban J connectivity index is 1.52. The lowest BCUT2D eigenvalue weighted by Gasteiger charge is -2.39. The predicted octanol–water partition coefficient (Wildman–Crippen LogP) is 4.57. The Hall–Kier alpha value is -1.84. The Bertz CT molecular complexity index is 1230. The van der Waals surface area contributed by atoms with Gasteiger partial charge in [0.1, 0.15) is 22.6 Å². The van der Waals surface area contributed by atoms with Crippen molar-refractivity contribution in [1.82, 2.24) is 19.0 Å². The highest BCUT2D eigenvalue weighted by Gasteiger charge is 2.48. The van der Waals surface area contributed by atoms with E-state index in [4.69, 9.17) is 22.4 Å². The van der Waals surface area contributed by atoms with Gasteiger partial charge in [-0.15, -0.1) is 0 Å². The Kier molecular flexibility index (Phi) is 6.55. The minimum atomic E-state index is -0.759. The summed E-state index contributed by atoms with van der Waals surface area (Å²) in [5.74, 6) is 0.339. The number of likely N-dealkylation sites (N-methyl/N-ethyl adjacent to an activating group) is 1. The summed E-state index contributed by atoms with van der Waals surface area (Å²) in [5, 5.41) is 27.0. The normalized spacial score (nSPS) is 22.7. The maximum atomic E-state index is 13.7. The van der Waals surface area contributed by atoms with E-state index in [-0.39, 0.29) is 26.8 Å². The van der Waals surface area contributed by atoms with Gasteiger partial charge in [-0.3, -0.25) is 24.8 Å². The molecule has 2 aromatic rings. The summed E-state index contributed by atoms with van der Waals surface area (Å²) < 4.78 is 19.1. The number of nitrogens with zero attached hydrogens (tertiary/aromatic N) is 5. The summed E-state index contributed by atoms with van der Waals surface area (Å²) >= 11 is 9.15. The average molecular weight is 535 g/mol. The Morgan fingerprint density at radius 2 is 2.09 bits per heavy atom. The number of nitrogens with one attached hydrogen (secondary N) is 3. The number of piperazine rings is 1. The van der Waals surface area contributed by atoms with Crippen molar-refractivity contribution in [3.63, 3.8) is 0 Å². The van der Waals surface area contributed by atoms with Gasteiger partial charge in [0, 0.05) is 36.3 Å². The van der Waals surface area contributed by atoms with Gasteiger partial charge in [-0.1, -0.05) is 23.4 Å². The van der Waals surface area contributed by atoms with Crippen LogP contribution in [0.4, 0.5) is 10.1 Å². The fourth-order valence-electron chi connectivity index (χ4n) is 4.15. The van der Waals surface area contributed by atoms with Gasteiger partial charge < -0.3 is 4.90 Å². The molecule has 3 heterocycles. The Morgan fingerprint density at radius 1 is 1.34 bits per heavy atom. The average Bonchev–Trinajstić information content (AvgIpc) is 3.77. The molecule has 35 heavy (non-hydrogen) atoms. The van der Waals surface area contributed by atoms with Gasteiger partial charge in [0.25, 0.3) is 0 Å². The van der Waals surface area contributed by atoms with Gasteiger partial charge >= 0.3 is 0 Å². The highest BCUT2D eigenvalue weighted by atomic mass is 35.5. The van der Waals surface area contributed by atoms with Crippen LogP contribution >= 0.6 is 35.3 Å². The molecule has 186 valence electrons. The molecule has 2 aliphatic carbocycles. The first-order valence-electron chi connectivity index (χ1n) is 11.6. The zero-order chi connectivity index (χ0) is 25.0. The van der Waals surface area contributed by atoms with Crippen LogP contribution in [0.1, 0.15) is 38.4 Å². The Morgan fingerprint density at radius 3 is 2.71 bits per heavy atom. The van der Waals surface area contributed by atoms with Crippen molar-refractivity contribution < 1.29 is 4.39 Å². The van der Waals surface area contributed by atoms with Gasteiger partial charge in [0.2, 0.25) is 0 Å². The van der Waals surface area contributed by atoms with Gasteiger partial charge in [-0.2, -0.15) is 5.26 Å². The topological polar surface area (TPSA) is 107 Å². The van der Waals surface area contributed by atoms with Crippen LogP contribution in [-0.2, 0) is 0 Å². The van der Waals surface area contributed by atoms with Crippen molar-refractivity contribution in [2.24, 2.45) is 5.41 Å². The highest BCUT2D eigenvalue weighted by molar-refractivity contribution is 8.26. The minimum absolute atomic E-state index is 0.0775. The lowest BCUT2D eigenvalue weighted by molar-refractivity contribution is 0.183. The minimum Gasteiger partial charge on any atom is -0.367 e. The van der Waals surface area contributed by atoms with Crippen LogP contribution in [0.15, 0.2) is 17.2 Å². The number of hydrogen-bond donors (Lipinski definition) is 3. The number of hydrogen-bond acceptors (Lipinski definition) is 9. The number of halogens is 2. The van der Waals surface area contributed by atoms with Crippen molar-refractivity contribution in [3.05, 3.63) is 23.2 Å². The third kappa shape index (κ3) is 4.79. The number of pyridine rings is 1. The van der Waals surface area contributed by atoms with E-state index in [1.165, 1.54) is 11.9 Å². The molecule has 0 spiro atoms. The molecule has 1 atom stereocenters. The van der Waals surface area contributed by atoms with Crippen LogP contribution in [0, 0.1) is 27.6 Å². The summed E-state index contributed by atoms with van der Waals surface area (Å²) in [6.45, 7) is 3.73. The van der Waals surface area contributed by atoms with E-state index in [1.807, 2.05) is 22.5 Å². The maximum absolute atomic E-state index is 13.7. The van der Waals surface area contributed by atoms with Gasteiger partial charge in [0.05, 0.1) is 22.8 Å². The van der Waals surface area contributed by atoms with Crippen molar-refractivity contribution >= 4 is 56.6 Å². The number of rotatable bonds is 7. The third-order valence-corrected chi connectivity index (χ3v) is 9.46. The number of aromatic nitrogens is 2. The predicted molar refractivity (Wildman–Crippen MR) is 141 cm³/mol. The summed E-state index contributed by atoms with van der Waals surface area (Å²) in [7, 11) is 1.94. The van der Waals surface area contributed by atoms with Gasteiger partial charge in [0.15, 0.2) is 11.0 Å². The van der Waals surface area contributed by atoms with Gasteiger partial charge in [-0.05, 0) is 57.7 Å². The van der Waals surface area contributed by atoms with E-state index in [9.17, 15) is 9.65 Å². The molecule has 3 N–H and O–H groups in total. The molecule has 0 aromatic carbocycles. The van der Waals surface area contributed by atoms with Crippen LogP contribution < -0.4 is 9.62 Å². The molecule has 5 rings (SSSR count). The highest BCUT2D eigenvalue weighted by Crippen LogP contribution is 2.49. The number of anilines is 1. The monoisotopic (exact) mass is 534 g/mol. The van der Waals surface area contributed by atoms with Crippen LogP contribution in [0.2, 0.25) is 5.15 Å². The summed E-state index contributed by atoms with van der Waals surface area (Å²) in [6, 6.07) is 4.07. The molecule has 3 fully saturated rings. The first-order chi connectivity index (χ1) is 16.7. The van der Waals surface area contributed by atoms with Crippen LogP contribution in [0.5, 0.6) is 0 Å². The maximum Gasteiger partial charge on any atom is 0.171 e. The van der Waals surface area contributed by atoms with E-state index < -0.39 is 12.1 Å². The molecule has 1 unspecified atom stereocenters. The number of thioether (sulfide) groups is 1. The first kappa shape index (κ1) is 24.8. The second kappa shape index (κ2) is 9.23. The molecule has 1 aliphatic heterocycles. The standard InChI is InChI=1S/C23H28ClFN8S2/c1-22(3-4-22)30-35-15-9-16(32-8-7-31(2)14(10-25)11-32)17-18(24)29-20(33(17)12-15)19(27)34-21(28)23(13-26)5-6-23/h9,12,14,27-28,30H,3-8,10-11H2,1-2H3. The summed E-state index contributed by atoms with van der Waals surface area (Å²) in [6.07, 6.45) is 5.46. The first-order valence-corrected chi connectivity index (χ1v) is 13.6. The second-order valence-corrected chi connectivity index (χ2v) is 12.2. The van der Waals surface area contributed by atoms with Crippen molar-refractivity contribution in [1.29, 1.82) is 16.1 Å². The molecule has 3 aliphatic rings. The van der Waals surface area contributed by atoms with Crippen LogP contribution in [0.25, 0.3) is 5.52 Å². The number of fused-ring (bicyclic) bond motifs is 1. The fourth-order valence-corrected chi connectivity index (χ4v) is 6.20. The molecule has 0 radical (unpaired) electrons. The van der Waals surface area contributed by atoms with E-state index >= 15 is 0 Å². The molecule has 0 amide bonds. The SMILES string of the molecule is CN1CCN(c2cc(SNC3(C)CC3)cn3c(C(=N)SC(=N)C4(C#N)CC4)nc(Cl)c23)CC1CF. The second-order valence-electron chi connectivity index (χ2n) is 9.96.